The number of halogens is 2. The van der Waals surface area contributed by atoms with Crippen molar-refractivity contribution in [2.24, 2.45) is 5.92 Å². The van der Waals surface area contributed by atoms with Gasteiger partial charge in [-0.3, -0.25) is 9.59 Å². The smallest absolute Gasteiger partial charge is 0.243 e. The molecule has 138 valence electrons. The van der Waals surface area contributed by atoms with Gasteiger partial charge in [-0.1, -0.05) is 30.5 Å². The molecule has 25 heavy (non-hydrogen) atoms. The molecule has 0 radical (unpaired) electrons. The number of amides is 2. The molecule has 1 saturated heterocycles. The molecule has 2 aliphatic rings. The quantitative estimate of drug-likeness (QED) is 0.745. The highest BCUT2D eigenvalue weighted by Gasteiger charge is 2.38. The van der Waals surface area contributed by atoms with Gasteiger partial charge in [0.1, 0.15) is 0 Å². The standard InChI is InChI=1S/C18H24ClN3O2.ClH/c1-11-6-7-15(13(19)8-11)22-17(23)10-20-18(24)16-9-12-4-2-3-5-14(12)21-16;/h6-8,12,14,16,21H,2-5,9-10H2,1H3,(H,20,24)(H,22,23);1H. The zero-order chi connectivity index (χ0) is 17.1. The lowest BCUT2D eigenvalue weighted by Gasteiger charge is -2.24. The van der Waals surface area contributed by atoms with Gasteiger partial charge in [-0.25, -0.2) is 0 Å². The highest BCUT2D eigenvalue weighted by molar-refractivity contribution is 6.33. The average molecular weight is 386 g/mol. The number of hydrogen-bond donors (Lipinski definition) is 3. The van der Waals surface area contributed by atoms with E-state index in [1.54, 1.807) is 12.1 Å². The molecule has 2 fully saturated rings. The van der Waals surface area contributed by atoms with E-state index in [1.165, 1.54) is 19.3 Å². The summed E-state index contributed by atoms with van der Waals surface area (Å²) in [6, 6.07) is 5.73. The highest BCUT2D eigenvalue weighted by atomic mass is 35.5. The number of rotatable bonds is 4. The zero-order valence-corrected chi connectivity index (χ0v) is 15.9. The van der Waals surface area contributed by atoms with Gasteiger partial charge >= 0.3 is 0 Å². The van der Waals surface area contributed by atoms with Crippen molar-refractivity contribution in [3.8, 4) is 0 Å². The van der Waals surface area contributed by atoms with Crippen LogP contribution >= 0.6 is 24.0 Å². The topological polar surface area (TPSA) is 70.2 Å². The van der Waals surface area contributed by atoms with Gasteiger partial charge in [0.25, 0.3) is 0 Å². The Labute approximate surface area is 159 Å². The Morgan fingerprint density at radius 2 is 2.04 bits per heavy atom. The molecule has 1 heterocycles. The van der Waals surface area contributed by atoms with Crippen molar-refractivity contribution in [2.75, 3.05) is 11.9 Å². The maximum atomic E-state index is 12.3. The summed E-state index contributed by atoms with van der Waals surface area (Å²) in [6.45, 7) is 1.89. The van der Waals surface area contributed by atoms with E-state index in [9.17, 15) is 9.59 Å². The fourth-order valence-electron chi connectivity index (χ4n) is 3.73. The molecule has 1 aromatic carbocycles. The van der Waals surface area contributed by atoms with Crippen LogP contribution in [0.25, 0.3) is 0 Å². The van der Waals surface area contributed by atoms with Crippen LogP contribution in [0, 0.1) is 12.8 Å². The van der Waals surface area contributed by atoms with Crippen LogP contribution in [0.15, 0.2) is 18.2 Å². The van der Waals surface area contributed by atoms with Crippen molar-refractivity contribution >= 4 is 41.5 Å². The van der Waals surface area contributed by atoms with Crippen molar-refractivity contribution in [1.82, 2.24) is 10.6 Å². The van der Waals surface area contributed by atoms with E-state index in [1.807, 2.05) is 13.0 Å². The third-order valence-corrected chi connectivity index (χ3v) is 5.31. The molecule has 1 aliphatic heterocycles. The van der Waals surface area contributed by atoms with Gasteiger partial charge in [0.2, 0.25) is 11.8 Å². The van der Waals surface area contributed by atoms with Crippen LogP contribution in [0.4, 0.5) is 5.69 Å². The minimum absolute atomic E-state index is 0. The summed E-state index contributed by atoms with van der Waals surface area (Å²) in [5.41, 5.74) is 1.59. The van der Waals surface area contributed by atoms with Gasteiger partial charge in [0.15, 0.2) is 0 Å². The lowest BCUT2D eigenvalue weighted by Crippen LogP contribution is -2.45. The van der Waals surface area contributed by atoms with Crippen molar-refractivity contribution in [3.05, 3.63) is 28.8 Å². The Balaban J connectivity index is 0.00000225. The van der Waals surface area contributed by atoms with Crippen LogP contribution in [0.5, 0.6) is 0 Å². The maximum absolute atomic E-state index is 12.3. The molecule has 3 unspecified atom stereocenters. The SMILES string of the molecule is Cc1ccc(NC(=O)CNC(=O)C2CC3CCCCC3N2)c(Cl)c1.Cl. The normalized spacial score (nSPS) is 24.8. The number of benzene rings is 1. The first-order chi connectivity index (χ1) is 11.5. The van der Waals surface area contributed by atoms with Crippen molar-refractivity contribution in [2.45, 2.75) is 51.1 Å². The van der Waals surface area contributed by atoms with E-state index in [4.69, 9.17) is 11.6 Å². The average Bonchev–Trinajstić information content (AvgIpc) is 2.99. The van der Waals surface area contributed by atoms with Gasteiger partial charge < -0.3 is 16.0 Å². The van der Waals surface area contributed by atoms with Crippen molar-refractivity contribution < 1.29 is 9.59 Å². The molecule has 1 aromatic rings. The minimum atomic E-state index is -0.274. The molecule has 2 amide bonds. The second kappa shape index (κ2) is 8.88. The van der Waals surface area contributed by atoms with Gasteiger partial charge in [-0.05, 0) is 49.8 Å². The molecule has 0 bridgehead atoms. The number of hydrogen-bond acceptors (Lipinski definition) is 3. The third kappa shape index (κ3) is 5.09. The van der Waals surface area contributed by atoms with Crippen molar-refractivity contribution in [3.63, 3.8) is 0 Å². The van der Waals surface area contributed by atoms with Crippen molar-refractivity contribution in [1.29, 1.82) is 0 Å². The van der Waals surface area contributed by atoms with E-state index in [-0.39, 0.29) is 36.8 Å². The second-order valence-corrected chi connectivity index (χ2v) is 7.26. The van der Waals surface area contributed by atoms with Crippen LogP contribution in [0.3, 0.4) is 0 Å². The lowest BCUT2D eigenvalue weighted by atomic mass is 9.85. The van der Waals surface area contributed by atoms with Crippen LogP contribution in [-0.2, 0) is 9.59 Å². The predicted molar refractivity (Wildman–Crippen MR) is 102 cm³/mol. The fourth-order valence-corrected chi connectivity index (χ4v) is 4.01. The van der Waals surface area contributed by atoms with Crippen LogP contribution in [0.2, 0.25) is 5.02 Å². The molecule has 7 heteroatoms. The first-order valence-electron chi connectivity index (χ1n) is 8.62. The monoisotopic (exact) mass is 385 g/mol. The molecule has 5 nitrogen and oxygen atoms in total. The molecule has 1 saturated carbocycles. The summed E-state index contributed by atoms with van der Waals surface area (Å²) < 4.78 is 0. The summed E-state index contributed by atoms with van der Waals surface area (Å²) in [5.74, 6) is 0.244. The van der Waals surface area contributed by atoms with E-state index in [0.717, 1.165) is 18.4 Å². The first-order valence-corrected chi connectivity index (χ1v) is 9.00. The van der Waals surface area contributed by atoms with Gasteiger partial charge in [-0.15, -0.1) is 12.4 Å². The largest absolute Gasteiger partial charge is 0.346 e. The van der Waals surface area contributed by atoms with E-state index in [2.05, 4.69) is 16.0 Å². The number of fused-ring (bicyclic) bond motifs is 1. The number of anilines is 1. The summed E-state index contributed by atoms with van der Waals surface area (Å²) in [7, 11) is 0. The van der Waals surface area contributed by atoms with E-state index < -0.39 is 0 Å². The molecular weight excluding hydrogens is 361 g/mol. The number of aryl methyl sites for hydroxylation is 1. The molecule has 3 atom stereocenters. The Morgan fingerprint density at radius 1 is 1.28 bits per heavy atom. The van der Waals surface area contributed by atoms with Gasteiger partial charge in [0.05, 0.1) is 23.3 Å². The summed E-state index contributed by atoms with van der Waals surface area (Å²) >= 11 is 6.10. The highest BCUT2D eigenvalue weighted by Crippen LogP contribution is 2.33. The van der Waals surface area contributed by atoms with E-state index >= 15 is 0 Å². The first kappa shape index (κ1) is 20.0. The molecule has 0 spiro atoms. The summed E-state index contributed by atoms with van der Waals surface area (Å²) in [6.07, 6.45) is 5.73. The van der Waals surface area contributed by atoms with Gasteiger partial charge in [0, 0.05) is 6.04 Å². The molecule has 0 aromatic heterocycles. The van der Waals surface area contributed by atoms with Crippen LogP contribution in [-0.4, -0.2) is 30.4 Å². The zero-order valence-electron chi connectivity index (χ0n) is 14.3. The molecule has 3 N–H and O–H groups in total. The molecule has 1 aliphatic carbocycles. The van der Waals surface area contributed by atoms with Crippen LogP contribution in [0.1, 0.15) is 37.7 Å². The lowest BCUT2D eigenvalue weighted by molar-refractivity contribution is -0.125. The Morgan fingerprint density at radius 3 is 2.76 bits per heavy atom. The molecule has 3 rings (SSSR count). The minimum Gasteiger partial charge on any atom is -0.346 e. The predicted octanol–water partition coefficient (Wildman–Crippen LogP) is 3.05. The Kier molecular flexibility index (Phi) is 7.11. The molecular formula is C18H25Cl2N3O2. The number of carbonyl (C=O) groups excluding carboxylic acids is 2. The third-order valence-electron chi connectivity index (χ3n) is 5.00. The second-order valence-electron chi connectivity index (χ2n) is 6.86. The fraction of sp³-hybridized carbons (Fsp3) is 0.556. The number of nitrogens with one attached hydrogen (secondary N) is 3. The van der Waals surface area contributed by atoms with E-state index in [0.29, 0.717) is 22.7 Å². The summed E-state index contributed by atoms with van der Waals surface area (Å²) in [5, 5.41) is 9.37. The Hall–Kier alpha value is -1.30. The Bertz CT molecular complexity index is 625. The van der Waals surface area contributed by atoms with Gasteiger partial charge in [-0.2, -0.15) is 0 Å². The number of carbonyl (C=O) groups is 2. The maximum Gasteiger partial charge on any atom is 0.243 e. The summed E-state index contributed by atoms with van der Waals surface area (Å²) in [4.78, 5) is 24.3. The van der Waals surface area contributed by atoms with Crippen LogP contribution < -0.4 is 16.0 Å².